The molecule has 1 aromatic heterocycles. The lowest BCUT2D eigenvalue weighted by molar-refractivity contribution is 0.0955. The van der Waals surface area contributed by atoms with Crippen molar-refractivity contribution in [2.45, 2.75) is 0 Å². The van der Waals surface area contributed by atoms with Crippen LogP contribution in [0.3, 0.4) is 0 Å². The van der Waals surface area contributed by atoms with Gasteiger partial charge in [0.2, 0.25) is 0 Å². The minimum atomic E-state index is -0.286. The van der Waals surface area contributed by atoms with Crippen LogP contribution in [0.2, 0.25) is 0 Å². The minimum absolute atomic E-state index is 0.286. The van der Waals surface area contributed by atoms with E-state index in [1.165, 1.54) is 12.4 Å². The number of amides is 1. The molecule has 1 aromatic carbocycles. The number of benzene rings is 1. The predicted octanol–water partition coefficient (Wildman–Crippen LogP) is 3.27. The Kier molecular flexibility index (Phi) is 5.20. The number of hydrogen-bond acceptors (Lipinski definition) is 3. The van der Waals surface area contributed by atoms with Crippen molar-refractivity contribution in [3.63, 3.8) is 0 Å². The number of nitrogens with one attached hydrogen (secondary N) is 1. The van der Waals surface area contributed by atoms with Gasteiger partial charge in [0.05, 0.1) is 5.56 Å². The molecule has 2 rings (SSSR count). The minimum Gasteiger partial charge on any atom is -0.267 e. The normalized spacial score (nSPS) is 11.1. The molecule has 1 amide bonds. The lowest BCUT2D eigenvalue weighted by atomic mass is 10.2. The zero-order chi connectivity index (χ0) is 14.2. The Bertz CT molecular complexity index is 621. The molecule has 0 bridgehead atoms. The van der Waals surface area contributed by atoms with Gasteiger partial charge in [-0.1, -0.05) is 34.1 Å². The van der Waals surface area contributed by atoms with Gasteiger partial charge in [-0.2, -0.15) is 5.10 Å². The number of rotatable bonds is 4. The van der Waals surface area contributed by atoms with E-state index in [0.29, 0.717) is 5.56 Å². The Balaban J connectivity index is 1.85. The summed E-state index contributed by atoms with van der Waals surface area (Å²) < 4.78 is 1.03. The molecule has 0 saturated heterocycles. The summed E-state index contributed by atoms with van der Waals surface area (Å²) in [5.74, 6) is -0.286. The van der Waals surface area contributed by atoms with E-state index in [0.717, 1.165) is 10.0 Å². The van der Waals surface area contributed by atoms with Crippen LogP contribution in [0.15, 0.2) is 64.4 Å². The predicted molar refractivity (Wildman–Crippen MR) is 83.4 cm³/mol. The number of carbonyl (C=O) groups excluding carboxylic acids is 1. The van der Waals surface area contributed by atoms with Crippen molar-refractivity contribution in [3.05, 3.63) is 70.5 Å². The summed E-state index contributed by atoms with van der Waals surface area (Å²) in [6, 6.07) is 11.2. The average molecular weight is 330 g/mol. The lowest BCUT2D eigenvalue weighted by Crippen LogP contribution is -2.17. The Morgan fingerprint density at radius 2 is 2.05 bits per heavy atom. The highest BCUT2D eigenvalue weighted by Crippen LogP contribution is 2.11. The van der Waals surface area contributed by atoms with Crippen LogP contribution >= 0.6 is 15.9 Å². The van der Waals surface area contributed by atoms with Gasteiger partial charge in [0.15, 0.2) is 0 Å². The molecule has 0 saturated carbocycles. The Hall–Kier alpha value is -2.27. The van der Waals surface area contributed by atoms with Crippen LogP contribution in [0.4, 0.5) is 0 Å². The summed E-state index contributed by atoms with van der Waals surface area (Å²) in [7, 11) is 0. The van der Waals surface area contributed by atoms with E-state index in [9.17, 15) is 4.79 Å². The summed E-state index contributed by atoms with van der Waals surface area (Å²) in [5.41, 5.74) is 3.95. The van der Waals surface area contributed by atoms with E-state index in [1.807, 2.05) is 30.3 Å². The van der Waals surface area contributed by atoms with Crippen LogP contribution in [0.25, 0.3) is 6.08 Å². The monoisotopic (exact) mass is 329 g/mol. The molecule has 1 N–H and O–H groups in total. The quantitative estimate of drug-likeness (QED) is 0.691. The molecular weight excluding hydrogens is 318 g/mol. The van der Waals surface area contributed by atoms with E-state index >= 15 is 0 Å². The number of hydrazone groups is 1. The summed E-state index contributed by atoms with van der Waals surface area (Å²) in [4.78, 5) is 15.5. The number of aromatic nitrogens is 1. The van der Waals surface area contributed by atoms with Crippen molar-refractivity contribution in [3.8, 4) is 0 Å². The van der Waals surface area contributed by atoms with Gasteiger partial charge in [-0.15, -0.1) is 0 Å². The highest BCUT2D eigenvalue weighted by Gasteiger charge is 2.01. The second-order valence-electron chi connectivity index (χ2n) is 3.87. The van der Waals surface area contributed by atoms with Gasteiger partial charge < -0.3 is 0 Å². The molecule has 0 fully saturated rings. The maximum Gasteiger partial charge on any atom is 0.272 e. The van der Waals surface area contributed by atoms with Gasteiger partial charge in [-0.3, -0.25) is 9.78 Å². The van der Waals surface area contributed by atoms with Crippen LogP contribution in [-0.2, 0) is 0 Å². The Labute approximate surface area is 125 Å². The van der Waals surface area contributed by atoms with E-state index in [1.54, 1.807) is 24.4 Å². The van der Waals surface area contributed by atoms with Crippen LogP contribution in [-0.4, -0.2) is 17.1 Å². The molecule has 0 spiro atoms. The maximum absolute atomic E-state index is 11.6. The second-order valence-corrected chi connectivity index (χ2v) is 4.79. The van der Waals surface area contributed by atoms with Crippen molar-refractivity contribution in [1.82, 2.24) is 10.4 Å². The number of pyridine rings is 1. The highest BCUT2D eigenvalue weighted by molar-refractivity contribution is 9.10. The molecule has 20 heavy (non-hydrogen) atoms. The molecule has 0 aliphatic carbocycles. The molecule has 0 aliphatic heterocycles. The number of allylic oxidation sites excluding steroid dienone is 1. The molecule has 0 atom stereocenters. The Morgan fingerprint density at radius 3 is 2.75 bits per heavy atom. The molecule has 0 aliphatic rings. The van der Waals surface area contributed by atoms with Crippen LogP contribution in [0, 0.1) is 0 Å². The molecule has 4 nitrogen and oxygen atoms in total. The first-order valence-corrected chi connectivity index (χ1v) is 6.71. The highest BCUT2D eigenvalue weighted by atomic mass is 79.9. The van der Waals surface area contributed by atoms with Crippen LogP contribution < -0.4 is 5.43 Å². The van der Waals surface area contributed by atoms with Gasteiger partial charge in [0.25, 0.3) is 5.91 Å². The number of carbonyl (C=O) groups is 1. The third-order valence-corrected chi connectivity index (χ3v) is 2.94. The van der Waals surface area contributed by atoms with Crippen LogP contribution in [0.5, 0.6) is 0 Å². The molecule has 5 heteroatoms. The van der Waals surface area contributed by atoms with Gasteiger partial charge in [0, 0.05) is 23.1 Å². The van der Waals surface area contributed by atoms with Crippen molar-refractivity contribution in [2.75, 3.05) is 0 Å². The van der Waals surface area contributed by atoms with Crippen molar-refractivity contribution in [1.29, 1.82) is 0 Å². The Morgan fingerprint density at radius 1 is 1.25 bits per heavy atom. The number of nitrogens with zero attached hydrogens (tertiary/aromatic N) is 2. The fourth-order valence-electron chi connectivity index (χ4n) is 1.43. The first-order chi connectivity index (χ1) is 9.75. The molecule has 0 unspecified atom stereocenters. The van der Waals surface area contributed by atoms with E-state index in [4.69, 9.17) is 0 Å². The molecular formula is C15H12BrN3O. The van der Waals surface area contributed by atoms with Crippen molar-refractivity contribution >= 4 is 34.1 Å². The van der Waals surface area contributed by atoms with Gasteiger partial charge in [-0.25, -0.2) is 5.43 Å². The fraction of sp³-hybridized carbons (Fsp3) is 0. The third kappa shape index (κ3) is 4.44. The summed E-state index contributed by atoms with van der Waals surface area (Å²) in [5, 5.41) is 3.83. The van der Waals surface area contributed by atoms with Gasteiger partial charge in [-0.05, 0) is 35.9 Å². The molecule has 100 valence electrons. The largest absolute Gasteiger partial charge is 0.272 e. The fourth-order valence-corrected chi connectivity index (χ4v) is 1.69. The standard InChI is InChI=1S/C15H12BrN3O/c16-14-7-5-12(6-8-14)3-1-10-18-19-15(20)13-4-2-9-17-11-13/h1-11H,(H,19,20)/b3-1-,18-10+. The third-order valence-electron chi connectivity index (χ3n) is 2.41. The molecule has 0 radical (unpaired) electrons. The summed E-state index contributed by atoms with van der Waals surface area (Å²) >= 11 is 3.37. The first kappa shape index (κ1) is 14.1. The van der Waals surface area contributed by atoms with E-state index in [2.05, 4.69) is 31.4 Å². The van der Waals surface area contributed by atoms with Crippen LogP contribution in [0.1, 0.15) is 15.9 Å². The topological polar surface area (TPSA) is 54.4 Å². The van der Waals surface area contributed by atoms with Crippen molar-refractivity contribution in [2.24, 2.45) is 5.10 Å². The number of halogens is 1. The van der Waals surface area contributed by atoms with E-state index < -0.39 is 0 Å². The van der Waals surface area contributed by atoms with Crippen molar-refractivity contribution < 1.29 is 4.79 Å². The average Bonchev–Trinajstić information content (AvgIpc) is 2.49. The maximum atomic E-state index is 11.6. The molecule has 2 aromatic rings. The second kappa shape index (κ2) is 7.35. The first-order valence-electron chi connectivity index (χ1n) is 5.91. The lowest BCUT2D eigenvalue weighted by Gasteiger charge is -1.97. The number of hydrogen-bond donors (Lipinski definition) is 1. The zero-order valence-corrected chi connectivity index (χ0v) is 12.1. The van der Waals surface area contributed by atoms with Gasteiger partial charge >= 0.3 is 0 Å². The summed E-state index contributed by atoms with van der Waals surface area (Å²) in [6.07, 6.45) is 8.28. The summed E-state index contributed by atoms with van der Waals surface area (Å²) in [6.45, 7) is 0. The smallest absolute Gasteiger partial charge is 0.267 e. The van der Waals surface area contributed by atoms with Gasteiger partial charge in [0.1, 0.15) is 0 Å². The SMILES string of the molecule is O=C(N/N=C/C=C\c1ccc(Br)cc1)c1cccnc1. The van der Waals surface area contributed by atoms with E-state index in [-0.39, 0.29) is 5.91 Å². The zero-order valence-electron chi connectivity index (χ0n) is 10.5. The molecule has 1 heterocycles.